The minimum absolute atomic E-state index is 0.0200. The summed E-state index contributed by atoms with van der Waals surface area (Å²) in [5.41, 5.74) is 0.912. The number of amides is 2. The minimum Gasteiger partial charge on any atom is -0.507 e. The second kappa shape index (κ2) is 21.2. The number of ketones is 2. The molecule has 1 aromatic carbocycles. The number of piperazine rings is 1. The molecule has 2 saturated heterocycles. The molecule has 2 amide bonds. The van der Waals surface area contributed by atoms with Crippen LogP contribution in [-0.2, 0) is 30.4 Å². The Morgan fingerprint density at radius 3 is 2.38 bits per heavy atom. The van der Waals surface area contributed by atoms with Gasteiger partial charge < -0.3 is 50.0 Å². The van der Waals surface area contributed by atoms with Gasteiger partial charge in [0.25, 0.3) is 11.7 Å². The van der Waals surface area contributed by atoms with Crippen molar-refractivity contribution >= 4 is 35.1 Å². The van der Waals surface area contributed by atoms with Crippen molar-refractivity contribution in [3.05, 3.63) is 99.9 Å². The van der Waals surface area contributed by atoms with Crippen molar-refractivity contribution in [2.75, 3.05) is 45.8 Å². The van der Waals surface area contributed by atoms with Crippen LogP contribution in [0.25, 0.3) is 0 Å². The Balaban J connectivity index is 1.04. The Morgan fingerprint density at radius 1 is 0.958 bits per heavy atom. The third kappa shape index (κ3) is 11.2. The van der Waals surface area contributed by atoms with Crippen LogP contribution >= 0.6 is 0 Å². The molecule has 2 fully saturated rings. The van der Waals surface area contributed by atoms with E-state index in [2.05, 4.69) is 39.3 Å². The van der Waals surface area contributed by atoms with Gasteiger partial charge in [0.2, 0.25) is 11.7 Å². The third-order valence-corrected chi connectivity index (χ3v) is 14.3. The number of Topliss-reactive ketones (excluding diaryl/α,β-unsaturated/α-hetero) is 2. The van der Waals surface area contributed by atoms with Crippen molar-refractivity contribution in [3.63, 3.8) is 0 Å². The Kier molecular flexibility index (Phi) is 15.3. The van der Waals surface area contributed by atoms with Crippen LogP contribution < -0.4 is 15.4 Å². The molecule has 5 atom stereocenters. The number of carbonyl (C=O) groups is 5. The van der Waals surface area contributed by atoms with Crippen LogP contribution in [0.4, 0.5) is 0 Å². The number of ether oxygens (including phenoxy) is 3. The number of aliphatic hydroxyl groups is 2. The van der Waals surface area contributed by atoms with Crippen LogP contribution in [0.15, 0.2) is 77.1 Å². The highest BCUT2D eigenvalue weighted by Gasteiger charge is 2.54. The number of aromatic hydroxyl groups is 1. The lowest BCUT2D eigenvalue weighted by molar-refractivity contribution is -0.155. The van der Waals surface area contributed by atoms with Crippen LogP contribution in [0.1, 0.15) is 117 Å². The first-order valence-corrected chi connectivity index (χ1v) is 24.8. The molecule has 2 aromatic rings. The number of hydrogen-bond acceptors (Lipinski definition) is 16. The lowest BCUT2D eigenvalue weighted by Crippen LogP contribution is -2.50. The van der Waals surface area contributed by atoms with E-state index in [0.29, 0.717) is 58.0 Å². The molecule has 1 aromatic heterocycles. The Labute approximate surface area is 414 Å². The topological polar surface area (TPSA) is 233 Å². The number of phenolic OH excluding ortho intramolecular Hbond substituents is 1. The molecular weight excluding hydrogens is 911 g/mol. The first kappa shape index (κ1) is 51.2. The molecule has 6 aliphatic heterocycles. The number of hydrogen-bond donors (Lipinski definition) is 5. The van der Waals surface area contributed by atoms with Crippen LogP contribution in [0.2, 0.25) is 0 Å². The fraction of sp³-hybridized carbons (Fsp3) is 0.528. The first-order chi connectivity index (χ1) is 33.8. The van der Waals surface area contributed by atoms with E-state index < -0.39 is 71.3 Å². The van der Waals surface area contributed by atoms with E-state index in [1.165, 1.54) is 20.1 Å². The highest BCUT2D eigenvalue weighted by Crippen LogP contribution is 2.50. The van der Waals surface area contributed by atoms with Crippen molar-refractivity contribution in [2.45, 2.75) is 123 Å². The van der Waals surface area contributed by atoms with Crippen LogP contribution in [0, 0.1) is 18.8 Å². The van der Waals surface area contributed by atoms with Gasteiger partial charge in [0.15, 0.2) is 0 Å². The zero-order valence-electron chi connectivity index (χ0n) is 41.5. The lowest BCUT2D eigenvalue weighted by Gasteiger charge is -2.38. The Morgan fingerprint density at radius 2 is 1.68 bits per heavy atom. The predicted octanol–water partition coefficient (Wildman–Crippen LogP) is 4.36. The minimum atomic E-state index is -1.94. The largest absolute Gasteiger partial charge is 0.507 e. The standard InChI is InChI=1S/C53H67N7O11/c1-31(2)29-58-19-15-53(16-20-58)56-44-41-42-47(65)34(5)49-43(41)50(67)52(6,71-49)69-25-8-7-12-37(70-40(64)28-39(63)60-23-21-59(22-24-60)30-35-13-17-54-18-14-35)26-36(61)27-38(62)32(3)10-9-11-33(4)51(68)55-46(48(42)66)45(44)57-53/h8-11,13-14,17-18,25,31-32,36-38,57,61-62,65H,7,12,15-16,19-24,26-30H2,1-6H3,(H,55,68)/b10-9+,25-8+,33-11-/t32?,36?,37-,38-,52+/m1/s1. The molecule has 1 spiro atoms. The zero-order valence-corrected chi connectivity index (χ0v) is 41.5. The van der Waals surface area contributed by atoms with E-state index in [-0.39, 0.29) is 82.3 Å². The van der Waals surface area contributed by atoms with Gasteiger partial charge in [-0.15, -0.1) is 0 Å². The molecule has 5 bridgehead atoms. The van der Waals surface area contributed by atoms with E-state index >= 15 is 0 Å². The molecule has 18 heteroatoms. The molecule has 9 rings (SSSR count). The van der Waals surface area contributed by atoms with E-state index in [0.717, 1.165) is 18.7 Å². The quantitative estimate of drug-likeness (QED) is 0.192. The summed E-state index contributed by atoms with van der Waals surface area (Å²) < 4.78 is 18.2. The number of pyridine rings is 1. The molecule has 7 aliphatic rings. The second-order valence-corrected chi connectivity index (χ2v) is 20.3. The van der Waals surface area contributed by atoms with E-state index in [1.807, 2.05) is 12.1 Å². The third-order valence-electron chi connectivity index (χ3n) is 14.3. The number of aromatic nitrogens is 1. The van der Waals surface area contributed by atoms with Crippen LogP contribution in [-0.4, -0.2) is 146 Å². The summed E-state index contributed by atoms with van der Waals surface area (Å²) in [5, 5.41) is 40.5. The number of piperidine rings is 1. The maximum Gasteiger partial charge on any atom is 0.315 e. The van der Waals surface area contributed by atoms with Gasteiger partial charge in [0, 0.05) is 114 Å². The Hall–Kier alpha value is -6.21. The van der Waals surface area contributed by atoms with Gasteiger partial charge in [-0.05, 0) is 62.8 Å². The average molecular weight is 978 g/mol. The second-order valence-electron chi connectivity index (χ2n) is 20.3. The fourth-order valence-corrected chi connectivity index (χ4v) is 10.2. The number of fused-ring (bicyclic) bond motifs is 13. The maximum absolute atomic E-state index is 14.7. The molecule has 18 nitrogen and oxygen atoms in total. The number of benzene rings is 1. The summed E-state index contributed by atoms with van der Waals surface area (Å²) in [4.78, 5) is 85.6. The van der Waals surface area contributed by atoms with Crippen molar-refractivity contribution in [2.24, 2.45) is 16.8 Å². The number of rotatable bonds is 7. The highest BCUT2D eigenvalue weighted by atomic mass is 16.7. The Bertz CT molecular complexity index is 2570. The molecule has 380 valence electrons. The fourth-order valence-electron chi connectivity index (χ4n) is 10.2. The monoisotopic (exact) mass is 977 g/mol. The number of carbonyl (C=O) groups excluding carboxylic acids is 5. The molecule has 0 saturated carbocycles. The SMILES string of the molecule is C/C1=C/C=C/C(C)[C@H](O)CC(O)C[C@H](OC(=O)CC(=O)N2CCN(Cc3ccncc3)CC2)CC/C=C/O[C@@]2(C)Oc3c(C)c(O)c4c(c3C2=O)C2=NC3(CCN(CC(C)C)CC3)NC2=C(NC1=O)C4=O. The molecule has 71 heavy (non-hydrogen) atoms. The van der Waals surface area contributed by atoms with Gasteiger partial charge in [-0.2, -0.15) is 0 Å². The summed E-state index contributed by atoms with van der Waals surface area (Å²) in [7, 11) is 0. The number of aliphatic hydroxyl groups excluding tert-OH is 2. The number of nitrogens with one attached hydrogen (secondary N) is 2. The summed E-state index contributed by atoms with van der Waals surface area (Å²) in [6.45, 7) is 15.9. The molecule has 5 N–H and O–H groups in total. The van der Waals surface area contributed by atoms with Gasteiger partial charge >= 0.3 is 11.8 Å². The van der Waals surface area contributed by atoms with Crippen molar-refractivity contribution in [1.82, 2.24) is 30.3 Å². The van der Waals surface area contributed by atoms with E-state index in [4.69, 9.17) is 19.2 Å². The van der Waals surface area contributed by atoms with Gasteiger partial charge in [-0.3, -0.25) is 38.8 Å². The summed E-state index contributed by atoms with van der Waals surface area (Å²) in [6, 6.07) is 3.91. The number of nitrogens with zero attached hydrogens (tertiary/aromatic N) is 5. The predicted molar refractivity (Wildman–Crippen MR) is 262 cm³/mol. The highest BCUT2D eigenvalue weighted by molar-refractivity contribution is 6.34. The number of aliphatic imine (C=N–C) groups is 1. The number of likely N-dealkylation sites (tertiary alicyclic amines) is 1. The molecule has 2 unspecified atom stereocenters. The van der Waals surface area contributed by atoms with Crippen molar-refractivity contribution in [3.8, 4) is 11.5 Å². The van der Waals surface area contributed by atoms with Gasteiger partial charge in [0.05, 0.1) is 41.0 Å². The number of allylic oxidation sites excluding steroid dienone is 5. The van der Waals surface area contributed by atoms with Crippen LogP contribution in [0.3, 0.4) is 0 Å². The maximum atomic E-state index is 14.7. The molecule has 0 radical (unpaired) electrons. The molecular formula is C53H67N7O11. The van der Waals surface area contributed by atoms with Crippen molar-refractivity contribution < 1.29 is 53.5 Å². The van der Waals surface area contributed by atoms with Gasteiger partial charge in [-0.1, -0.05) is 39.0 Å². The lowest BCUT2D eigenvalue weighted by atomic mass is 9.82. The number of phenols is 1. The smallest absolute Gasteiger partial charge is 0.315 e. The summed E-state index contributed by atoms with van der Waals surface area (Å²) in [6.07, 6.45) is 9.26. The number of esters is 1. The first-order valence-electron chi connectivity index (χ1n) is 24.8. The summed E-state index contributed by atoms with van der Waals surface area (Å²) >= 11 is 0. The van der Waals surface area contributed by atoms with E-state index in [1.54, 1.807) is 55.4 Å². The van der Waals surface area contributed by atoms with E-state index in [9.17, 15) is 39.3 Å². The van der Waals surface area contributed by atoms with Crippen LogP contribution in [0.5, 0.6) is 11.5 Å². The zero-order chi connectivity index (χ0) is 50.8. The summed E-state index contributed by atoms with van der Waals surface area (Å²) in [5.74, 6) is -5.38. The average Bonchev–Trinajstić information content (AvgIpc) is 3.83. The molecule has 7 heterocycles. The van der Waals surface area contributed by atoms with Gasteiger partial charge in [0.1, 0.15) is 35.4 Å². The van der Waals surface area contributed by atoms with Crippen molar-refractivity contribution in [1.29, 1.82) is 0 Å². The molecule has 1 aliphatic carbocycles. The normalized spacial score (nSPS) is 28.0. The van der Waals surface area contributed by atoms with Gasteiger partial charge in [-0.25, -0.2) is 0 Å².